The zero-order valence-corrected chi connectivity index (χ0v) is 17.1. The number of sulfonamides is 1. The van der Waals surface area contributed by atoms with Gasteiger partial charge in [0.1, 0.15) is 0 Å². The van der Waals surface area contributed by atoms with Crippen LogP contribution in [0.3, 0.4) is 0 Å². The first-order valence-corrected chi connectivity index (χ1v) is 10.7. The first-order valence-electron chi connectivity index (χ1n) is 9.20. The number of carbonyl (C=O) groups is 1. The van der Waals surface area contributed by atoms with Crippen LogP contribution in [-0.4, -0.2) is 20.4 Å². The number of hydrogen-bond donors (Lipinski definition) is 2. The Hall–Kier alpha value is -3.16. The van der Waals surface area contributed by atoms with Crippen molar-refractivity contribution >= 4 is 27.3 Å². The van der Waals surface area contributed by atoms with Crippen molar-refractivity contribution in [1.29, 1.82) is 0 Å². The Balaban J connectivity index is 1.83. The zero-order chi connectivity index (χ0) is 20.9. The molecule has 0 bridgehead atoms. The number of benzene rings is 3. The van der Waals surface area contributed by atoms with Gasteiger partial charge in [-0.15, -0.1) is 0 Å². The number of carbonyl (C=O) groups excluding carboxylic acids is 1. The maximum atomic E-state index is 12.8. The Labute approximate surface area is 171 Å². The topological polar surface area (TPSA) is 78.5 Å². The van der Waals surface area contributed by atoms with Crippen LogP contribution < -0.4 is 15.2 Å². The molecule has 0 aliphatic carbocycles. The highest BCUT2D eigenvalue weighted by Gasteiger charge is 2.17. The lowest BCUT2D eigenvalue weighted by molar-refractivity contribution is 0.0953. The van der Waals surface area contributed by atoms with Crippen molar-refractivity contribution in [2.45, 2.75) is 24.8 Å². The van der Waals surface area contributed by atoms with Gasteiger partial charge in [0.2, 0.25) is 10.0 Å². The summed E-state index contributed by atoms with van der Waals surface area (Å²) in [5.41, 5.74) is 4.83. The van der Waals surface area contributed by atoms with E-state index >= 15 is 0 Å². The summed E-state index contributed by atoms with van der Waals surface area (Å²) in [5.74, 6) is -0.349. The first-order chi connectivity index (χ1) is 13.9. The highest BCUT2D eigenvalue weighted by atomic mass is 32.2. The average Bonchev–Trinajstić information content (AvgIpc) is 2.72. The fraction of sp³-hybridized carbons (Fsp3) is 0.136. The minimum absolute atomic E-state index is 0.116. The summed E-state index contributed by atoms with van der Waals surface area (Å²) in [7, 11) is -3.60. The SMILES string of the molecule is CC(C)NS(=O)(=O)c1ccc(C(=O)NN(c2ccccc2)c2ccccc2)cc1. The molecule has 0 atom stereocenters. The summed E-state index contributed by atoms with van der Waals surface area (Å²) in [5, 5.41) is 1.69. The molecule has 3 aromatic carbocycles. The maximum Gasteiger partial charge on any atom is 0.270 e. The second kappa shape index (κ2) is 8.89. The molecule has 7 heteroatoms. The average molecular weight is 410 g/mol. The highest BCUT2D eigenvalue weighted by molar-refractivity contribution is 7.89. The second-order valence-electron chi connectivity index (χ2n) is 6.75. The molecule has 1 amide bonds. The minimum Gasteiger partial charge on any atom is -0.267 e. The summed E-state index contributed by atoms with van der Waals surface area (Å²) in [4.78, 5) is 12.9. The monoisotopic (exact) mass is 409 g/mol. The van der Waals surface area contributed by atoms with Gasteiger partial charge < -0.3 is 0 Å². The van der Waals surface area contributed by atoms with Crippen LogP contribution in [0.15, 0.2) is 89.8 Å². The summed E-state index contributed by atoms with van der Waals surface area (Å²) >= 11 is 0. The molecule has 0 unspecified atom stereocenters. The molecule has 0 saturated heterocycles. The van der Waals surface area contributed by atoms with E-state index in [1.807, 2.05) is 60.7 Å². The third-order valence-electron chi connectivity index (χ3n) is 4.06. The molecule has 0 radical (unpaired) electrons. The van der Waals surface area contributed by atoms with Crippen LogP contribution in [0.1, 0.15) is 24.2 Å². The normalized spacial score (nSPS) is 11.3. The Morgan fingerprint density at radius 3 is 1.72 bits per heavy atom. The minimum atomic E-state index is -3.60. The summed E-state index contributed by atoms with van der Waals surface area (Å²) in [6, 6.07) is 24.5. The van der Waals surface area contributed by atoms with E-state index in [0.717, 1.165) is 11.4 Å². The van der Waals surface area contributed by atoms with Crippen molar-refractivity contribution in [2.24, 2.45) is 0 Å². The van der Waals surface area contributed by atoms with E-state index in [2.05, 4.69) is 10.1 Å². The molecule has 0 spiro atoms. The number of anilines is 2. The van der Waals surface area contributed by atoms with E-state index in [0.29, 0.717) is 5.56 Å². The van der Waals surface area contributed by atoms with E-state index in [9.17, 15) is 13.2 Å². The molecule has 0 heterocycles. The van der Waals surface area contributed by atoms with Crippen molar-refractivity contribution in [3.63, 3.8) is 0 Å². The number of nitrogens with one attached hydrogen (secondary N) is 2. The fourth-order valence-electron chi connectivity index (χ4n) is 2.76. The van der Waals surface area contributed by atoms with Gasteiger partial charge in [0.05, 0.1) is 16.3 Å². The first kappa shape index (κ1) is 20.6. The van der Waals surface area contributed by atoms with E-state index in [1.165, 1.54) is 24.3 Å². The van der Waals surface area contributed by atoms with Gasteiger partial charge in [-0.2, -0.15) is 0 Å². The Bertz CT molecular complexity index is 1010. The van der Waals surface area contributed by atoms with E-state index < -0.39 is 10.0 Å². The van der Waals surface area contributed by atoms with Crippen LogP contribution in [0.4, 0.5) is 11.4 Å². The van der Waals surface area contributed by atoms with E-state index in [4.69, 9.17) is 0 Å². The predicted molar refractivity (Wildman–Crippen MR) is 114 cm³/mol. The molecule has 0 fully saturated rings. The highest BCUT2D eigenvalue weighted by Crippen LogP contribution is 2.23. The van der Waals surface area contributed by atoms with Gasteiger partial charge in [-0.3, -0.25) is 15.2 Å². The third-order valence-corrected chi connectivity index (χ3v) is 5.73. The van der Waals surface area contributed by atoms with Gasteiger partial charge in [0, 0.05) is 11.6 Å². The molecule has 29 heavy (non-hydrogen) atoms. The van der Waals surface area contributed by atoms with Crippen molar-refractivity contribution < 1.29 is 13.2 Å². The summed E-state index contributed by atoms with van der Waals surface area (Å²) < 4.78 is 27.0. The van der Waals surface area contributed by atoms with Crippen molar-refractivity contribution in [3.8, 4) is 0 Å². The predicted octanol–water partition coefficient (Wildman–Crippen LogP) is 3.86. The fourth-order valence-corrected chi connectivity index (χ4v) is 4.01. The van der Waals surface area contributed by atoms with Gasteiger partial charge in [0.15, 0.2) is 0 Å². The van der Waals surface area contributed by atoms with Gasteiger partial charge >= 0.3 is 0 Å². The van der Waals surface area contributed by atoms with Gasteiger partial charge in [-0.1, -0.05) is 36.4 Å². The summed E-state index contributed by atoms with van der Waals surface area (Å²) in [6.07, 6.45) is 0. The lowest BCUT2D eigenvalue weighted by atomic mass is 10.2. The zero-order valence-electron chi connectivity index (χ0n) is 16.2. The largest absolute Gasteiger partial charge is 0.270 e. The van der Waals surface area contributed by atoms with Crippen molar-refractivity contribution in [1.82, 2.24) is 10.1 Å². The Kier molecular flexibility index (Phi) is 6.31. The molecule has 0 saturated carbocycles. The van der Waals surface area contributed by atoms with Crippen molar-refractivity contribution in [2.75, 3.05) is 5.01 Å². The van der Waals surface area contributed by atoms with Crippen LogP contribution in [0.2, 0.25) is 0 Å². The van der Waals surface area contributed by atoms with Gasteiger partial charge in [-0.25, -0.2) is 13.1 Å². The quantitative estimate of drug-likeness (QED) is 0.581. The number of hydrogen-bond acceptors (Lipinski definition) is 4. The molecule has 3 rings (SSSR count). The van der Waals surface area contributed by atoms with Gasteiger partial charge in [-0.05, 0) is 62.4 Å². The maximum absolute atomic E-state index is 12.8. The van der Waals surface area contributed by atoms with E-state index in [-0.39, 0.29) is 16.8 Å². The lowest BCUT2D eigenvalue weighted by Gasteiger charge is -2.25. The molecular weight excluding hydrogens is 386 g/mol. The van der Waals surface area contributed by atoms with Gasteiger partial charge in [0.25, 0.3) is 5.91 Å². The van der Waals surface area contributed by atoms with Crippen LogP contribution in [-0.2, 0) is 10.0 Å². The Morgan fingerprint density at radius 1 is 0.793 bits per heavy atom. The third kappa shape index (κ3) is 5.22. The molecule has 0 aliphatic rings. The van der Waals surface area contributed by atoms with Crippen LogP contribution >= 0.6 is 0 Å². The molecule has 0 aliphatic heterocycles. The molecule has 6 nitrogen and oxygen atoms in total. The summed E-state index contributed by atoms with van der Waals surface area (Å²) in [6.45, 7) is 3.50. The molecule has 0 aromatic heterocycles. The second-order valence-corrected chi connectivity index (χ2v) is 8.46. The standard InChI is InChI=1S/C22H23N3O3S/c1-17(2)24-29(27,28)21-15-13-18(14-16-21)22(26)23-25(19-9-5-3-6-10-19)20-11-7-4-8-12-20/h3-17,24H,1-2H3,(H,23,26). The smallest absolute Gasteiger partial charge is 0.267 e. The van der Waals surface area contributed by atoms with Crippen LogP contribution in [0.25, 0.3) is 0 Å². The number of hydrazine groups is 1. The van der Waals surface area contributed by atoms with Crippen LogP contribution in [0, 0.1) is 0 Å². The number of amides is 1. The van der Waals surface area contributed by atoms with Crippen LogP contribution in [0.5, 0.6) is 0 Å². The van der Waals surface area contributed by atoms with Crippen molar-refractivity contribution in [3.05, 3.63) is 90.5 Å². The number of nitrogens with zero attached hydrogens (tertiary/aromatic N) is 1. The number of para-hydroxylation sites is 2. The Morgan fingerprint density at radius 2 is 1.28 bits per heavy atom. The lowest BCUT2D eigenvalue weighted by Crippen LogP contribution is -2.39. The molecular formula is C22H23N3O3S. The van der Waals surface area contributed by atoms with E-state index in [1.54, 1.807) is 18.9 Å². The molecule has 2 N–H and O–H groups in total. The molecule has 150 valence electrons. The number of rotatable bonds is 7. The molecule has 3 aromatic rings.